The summed E-state index contributed by atoms with van der Waals surface area (Å²) in [5.74, 6) is -0.164. The predicted molar refractivity (Wildman–Crippen MR) is 116 cm³/mol. The zero-order valence-electron chi connectivity index (χ0n) is 18.0. The van der Waals surface area contributed by atoms with Crippen LogP contribution >= 0.6 is 11.8 Å². The van der Waals surface area contributed by atoms with Crippen molar-refractivity contribution in [3.05, 3.63) is 23.8 Å². The highest BCUT2D eigenvalue weighted by Crippen LogP contribution is 2.31. The monoisotopic (exact) mass is 417 g/mol. The molecule has 1 aliphatic heterocycles. The molecule has 3 atom stereocenters. The molecule has 6 nitrogen and oxygen atoms in total. The number of carbonyl (C=O) groups excluding carboxylic acids is 2. The van der Waals surface area contributed by atoms with Crippen molar-refractivity contribution in [3.8, 4) is 0 Å². The summed E-state index contributed by atoms with van der Waals surface area (Å²) in [5.41, 5.74) is 2.21. The Bertz CT molecular complexity index is 885. The van der Waals surface area contributed by atoms with Crippen LogP contribution in [0.25, 0.3) is 11.0 Å². The Morgan fingerprint density at radius 3 is 2.55 bits per heavy atom. The summed E-state index contributed by atoms with van der Waals surface area (Å²) in [6.45, 7) is 11.2. The van der Waals surface area contributed by atoms with Crippen molar-refractivity contribution in [3.63, 3.8) is 0 Å². The summed E-state index contributed by atoms with van der Waals surface area (Å²) < 4.78 is 7.19. The summed E-state index contributed by atoms with van der Waals surface area (Å²) in [6.07, 6.45) is 3.32. The molecule has 3 rings (SSSR count). The van der Waals surface area contributed by atoms with Gasteiger partial charge in [0.1, 0.15) is 0 Å². The van der Waals surface area contributed by atoms with Crippen LogP contribution in [0.1, 0.15) is 64.2 Å². The molecule has 0 aliphatic carbocycles. The number of nitrogens with zero attached hydrogens (tertiary/aromatic N) is 3. The smallest absolute Gasteiger partial charge is 0.338 e. The van der Waals surface area contributed by atoms with E-state index in [4.69, 9.17) is 9.72 Å². The van der Waals surface area contributed by atoms with E-state index in [-0.39, 0.29) is 29.2 Å². The Morgan fingerprint density at radius 2 is 1.93 bits per heavy atom. The molecule has 2 heterocycles. The molecule has 1 aromatic heterocycles. The molecule has 2 aromatic rings. The molecule has 1 fully saturated rings. The number of esters is 1. The molecule has 158 valence electrons. The number of piperidine rings is 1. The van der Waals surface area contributed by atoms with Gasteiger partial charge in [-0.15, -0.1) is 0 Å². The molecule has 7 heteroatoms. The van der Waals surface area contributed by atoms with Gasteiger partial charge in [0, 0.05) is 18.6 Å². The van der Waals surface area contributed by atoms with Gasteiger partial charge in [0.05, 0.1) is 28.5 Å². The van der Waals surface area contributed by atoms with E-state index in [2.05, 4.69) is 30.2 Å². The first kappa shape index (κ1) is 21.7. The molecule has 1 saturated heterocycles. The van der Waals surface area contributed by atoms with Gasteiger partial charge in [0.15, 0.2) is 5.16 Å². The highest BCUT2D eigenvalue weighted by atomic mass is 32.2. The lowest BCUT2D eigenvalue weighted by atomic mass is 9.97. The van der Waals surface area contributed by atoms with Crippen LogP contribution in [0, 0.1) is 0 Å². The number of thioether (sulfide) groups is 1. The average Bonchev–Trinajstić information content (AvgIpc) is 3.03. The Labute approximate surface area is 177 Å². The maximum Gasteiger partial charge on any atom is 0.338 e. The van der Waals surface area contributed by atoms with E-state index in [1.807, 2.05) is 13.0 Å². The second-order valence-electron chi connectivity index (χ2n) is 7.70. The summed E-state index contributed by atoms with van der Waals surface area (Å²) in [5, 5.41) is 0.589. The van der Waals surface area contributed by atoms with Crippen molar-refractivity contribution in [2.75, 3.05) is 6.61 Å². The van der Waals surface area contributed by atoms with Crippen molar-refractivity contribution < 1.29 is 14.3 Å². The second-order valence-corrected chi connectivity index (χ2v) is 9.01. The van der Waals surface area contributed by atoms with Crippen molar-refractivity contribution in [1.82, 2.24) is 14.5 Å². The molecule has 1 aliphatic rings. The lowest BCUT2D eigenvalue weighted by molar-refractivity contribution is -0.136. The van der Waals surface area contributed by atoms with Crippen LogP contribution in [0.5, 0.6) is 0 Å². The molecule has 0 bridgehead atoms. The largest absolute Gasteiger partial charge is 0.462 e. The predicted octanol–water partition coefficient (Wildman–Crippen LogP) is 4.50. The van der Waals surface area contributed by atoms with Crippen LogP contribution in [0.4, 0.5) is 0 Å². The Kier molecular flexibility index (Phi) is 6.88. The number of benzene rings is 1. The van der Waals surface area contributed by atoms with Crippen LogP contribution in [-0.2, 0) is 16.1 Å². The van der Waals surface area contributed by atoms with E-state index in [1.165, 1.54) is 18.2 Å². The topological polar surface area (TPSA) is 64.4 Å². The van der Waals surface area contributed by atoms with Gasteiger partial charge in [-0.1, -0.05) is 11.8 Å². The number of amides is 1. The SMILES string of the molecule is CCOC(=O)c1ccc2c(c1)nc(S[C@@H](C)C(=O)N1[C@H](C)CCC[C@@H]1C)n2CC. The molecule has 1 amide bonds. The summed E-state index contributed by atoms with van der Waals surface area (Å²) in [4.78, 5) is 32.0. The lowest BCUT2D eigenvalue weighted by Crippen LogP contribution is -2.50. The molecule has 0 radical (unpaired) electrons. The van der Waals surface area contributed by atoms with Gasteiger partial charge >= 0.3 is 5.97 Å². The third-order valence-electron chi connectivity index (χ3n) is 5.62. The van der Waals surface area contributed by atoms with Crippen LogP contribution in [0.3, 0.4) is 0 Å². The summed E-state index contributed by atoms with van der Waals surface area (Å²) in [7, 11) is 0. The number of aryl methyl sites for hydroxylation is 1. The van der Waals surface area contributed by atoms with E-state index in [0.717, 1.165) is 35.6 Å². The molecule has 29 heavy (non-hydrogen) atoms. The number of imidazole rings is 1. The Hall–Kier alpha value is -2.02. The fourth-order valence-electron chi connectivity index (χ4n) is 4.12. The third-order valence-corrected chi connectivity index (χ3v) is 6.70. The Balaban J connectivity index is 1.84. The average molecular weight is 418 g/mol. The van der Waals surface area contributed by atoms with Crippen LogP contribution in [0.15, 0.2) is 23.4 Å². The fraction of sp³-hybridized carbons (Fsp3) is 0.591. The molecular formula is C22H31N3O3S. The van der Waals surface area contributed by atoms with Gasteiger partial charge in [0.2, 0.25) is 5.91 Å². The highest BCUT2D eigenvalue weighted by molar-refractivity contribution is 8.00. The second kappa shape index (κ2) is 9.20. The van der Waals surface area contributed by atoms with Crippen LogP contribution in [0.2, 0.25) is 0 Å². The summed E-state index contributed by atoms with van der Waals surface area (Å²) in [6, 6.07) is 6.01. The third kappa shape index (κ3) is 4.44. The maximum absolute atomic E-state index is 13.2. The molecule has 0 N–H and O–H groups in total. The molecule has 0 unspecified atom stereocenters. The summed E-state index contributed by atoms with van der Waals surface area (Å²) >= 11 is 1.50. The number of ether oxygens (including phenoxy) is 1. The van der Waals surface area contributed by atoms with Crippen molar-refractivity contribution in [2.24, 2.45) is 0 Å². The van der Waals surface area contributed by atoms with Gasteiger partial charge in [-0.3, -0.25) is 4.79 Å². The van der Waals surface area contributed by atoms with Crippen molar-refractivity contribution in [1.29, 1.82) is 0 Å². The van der Waals surface area contributed by atoms with Gasteiger partial charge in [-0.25, -0.2) is 9.78 Å². The van der Waals surface area contributed by atoms with E-state index in [0.29, 0.717) is 12.2 Å². The number of carbonyl (C=O) groups is 2. The highest BCUT2D eigenvalue weighted by Gasteiger charge is 2.32. The standard InChI is InChI=1S/C22H31N3O3S/c1-6-24-19-12-11-17(21(27)28-7-2)13-18(19)23-22(24)29-16(5)20(26)25-14(3)9-8-10-15(25)4/h11-16H,6-10H2,1-5H3/t14-,15+,16-/m0/s1. The van der Waals surface area contributed by atoms with Gasteiger partial charge < -0.3 is 14.2 Å². The zero-order valence-corrected chi connectivity index (χ0v) is 18.8. The minimum atomic E-state index is -0.341. The van der Waals surface area contributed by atoms with Gasteiger partial charge in [0.25, 0.3) is 0 Å². The number of hydrogen-bond acceptors (Lipinski definition) is 5. The van der Waals surface area contributed by atoms with Crippen LogP contribution in [-0.4, -0.2) is 50.3 Å². The lowest BCUT2D eigenvalue weighted by Gasteiger charge is -2.40. The Morgan fingerprint density at radius 1 is 1.24 bits per heavy atom. The minimum absolute atomic E-state index is 0.177. The van der Waals surface area contributed by atoms with Crippen molar-refractivity contribution in [2.45, 2.75) is 82.9 Å². The first-order chi connectivity index (χ1) is 13.9. The van der Waals surface area contributed by atoms with Crippen molar-refractivity contribution >= 4 is 34.7 Å². The quantitative estimate of drug-likeness (QED) is 0.511. The number of hydrogen-bond donors (Lipinski definition) is 0. The minimum Gasteiger partial charge on any atom is -0.462 e. The van der Waals surface area contributed by atoms with E-state index in [1.54, 1.807) is 19.1 Å². The number of likely N-dealkylation sites (tertiary alicyclic amines) is 1. The molecule has 0 saturated carbocycles. The first-order valence-electron chi connectivity index (χ1n) is 10.5. The fourth-order valence-corrected chi connectivity index (χ4v) is 5.16. The number of aromatic nitrogens is 2. The number of fused-ring (bicyclic) bond motifs is 1. The van der Waals surface area contributed by atoms with E-state index in [9.17, 15) is 9.59 Å². The van der Waals surface area contributed by atoms with Gasteiger partial charge in [-0.2, -0.15) is 0 Å². The van der Waals surface area contributed by atoms with E-state index >= 15 is 0 Å². The molecular weight excluding hydrogens is 386 g/mol. The number of rotatable bonds is 6. The normalized spacial score (nSPS) is 20.7. The van der Waals surface area contributed by atoms with Gasteiger partial charge in [-0.05, 0) is 72.1 Å². The van der Waals surface area contributed by atoms with E-state index < -0.39 is 0 Å². The zero-order chi connectivity index (χ0) is 21.1. The molecule has 0 spiro atoms. The molecule has 1 aromatic carbocycles. The maximum atomic E-state index is 13.2. The van der Waals surface area contributed by atoms with Crippen LogP contribution < -0.4 is 0 Å². The first-order valence-corrected chi connectivity index (χ1v) is 11.4.